The molecule has 2 heterocycles. The lowest BCUT2D eigenvalue weighted by molar-refractivity contribution is 0.0945. The molecule has 0 aliphatic heterocycles. The number of aromatic nitrogens is 3. The molecule has 3 aromatic rings. The summed E-state index contributed by atoms with van der Waals surface area (Å²) in [6.07, 6.45) is 1.61. The Bertz CT molecular complexity index is 805. The normalized spacial score (nSPS) is 10.6. The third-order valence-corrected chi connectivity index (χ3v) is 2.98. The van der Waals surface area contributed by atoms with Gasteiger partial charge in [-0.1, -0.05) is 12.1 Å². The zero-order chi connectivity index (χ0) is 13.9. The van der Waals surface area contributed by atoms with Gasteiger partial charge in [-0.15, -0.1) is 0 Å². The largest absolute Gasteiger partial charge is 0.350 e. The highest BCUT2D eigenvalue weighted by Crippen LogP contribution is 2.07. The van der Waals surface area contributed by atoms with E-state index in [1.165, 1.54) is 6.07 Å². The first kappa shape index (κ1) is 12.2. The lowest BCUT2D eigenvalue weighted by Gasteiger charge is -2.05. The summed E-state index contributed by atoms with van der Waals surface area (Å²) in [6, 6.07) is 10.2. The molecule has 3 rings (SSSR count). The van der Waals surface area contributed by atoms with Crippen molar-refractivity contribution in [3.8, 4) is 0 Å². The Morgan fingerprint density at radius 1 is 1.25 bits per heavy atom. The molecule has 0 bridgehead atoms. The highest BCUT2D eigenvalue weighted by Gasteiger charge is 2.09. The number of hydrogen-bond donors (Lipinski definition) is 3. The summed E-state index contributed by atoms with van der Waals surface area (Å²) in [5.74, 6) is -0.331. The highest BCUT2D eigenvalue weighted by molar-refractivity contribution is 5.94. The van der Waals surface area contributed by atoms with Gasteiger partial charge in [0.2, 0.25) is 0 Å². The molecular weight excluding hydrogens is 256 g/mol. The molecule has 0 saturated carbocycles. The van der Waals surface area contributed by atoms with Crippen molar-refractivity contribution in [2.75, 3.05) is 0 Å². The maximum atomic E-state index is 12.0. The number of fused-ring (bicyclic) bond motifs is 1. The van der Waals surface area contributed by atoms with Crippen LogP contribution in [0.5, 0.6) is 0 Å². The Morgan fingerprint density at radius 2 is 2.10 bits per heavy atom. The van der Waals surface area contributed by atoms with E-state index in [2.05, 4.69) is 20.5 Å². The molecule has 100 valence electrons. The smallest absolute Gasteiger partial charge is 0.268 e. The van der Waals surface area contributed by atoms with E-state index in [9.17, 15) is 9.59 Å². The second-order valence-electron chi connectivity index (χ2n) is 4.36. The summed E-state index contributed by atoms with van der Waals surface area (Å²) in [7, 11) is 0. The van der Waals surface area contributed by atoms with Crippen LogP contribution in [0.1, 0.15) is 16.2 Å². The van der Waals surface area contributed by atoms with Crippen LogP contribution in [0, 0.1) is 0 Å². The van der Waals surface area contributed by atoms with Crippen LogP contribution < -0.4 is 10.7 Å². The number of benzene rings is 1. The first-order valence-electron chi connectivity index (χ1n) is 6.12. The second-order valence-corrected chi connectivity index (χ2v) is 4.36. The molecule has 1 amide bonds. The van der Waals surface area contributed by atoms with E-state index in [0.29, 0.717) is 17.4 Å². The standard InChI is InChI=1S/C14H12N4O2/c19-13-7-12(17-11-4-2-1-3-10(11)13)14(20)15-8-9-5-6-16-18-9/h1-7H,8H2,(H,15,20)(H,16,18)(H,17,19). The minimum Gasteiger partial charge on any atom is -0.350 e. The molecule has 2 aromatic heterocycles. The number of nitrogens with one attached hydrogen (secondary N) is 3. The van der Waals surface area contributed by atoms with Crippen molar-refractivity contribution < 1.29 is 4.79 Å². The van der Waals surface area contributed by atoms with Crippen LogP contribution in [-0.4, -0.2) is 21.1 Å². The Balaban J connectivity index is 1.86. The molecule has 0 atom stereocenters. The van der Waals surface area contributed by atoms with Crippen molar-refractivity contribution in [3.63, 3.8) is 0 Å². The van der Waals surface area contributed by atoms with E-state index < -0.39 is 0 Å². The first-order chi connectivity index (χ1) is 9.74. The fraction of sp³-hybridized carbons (Fsp3) is 0.0714. The van der Waals surface area contributed by atoms with Gasteiger partial charge in [-0.05, 0) is 18.2 Å². The van der Waals surface area contributed by atoms with E-state index >= 15 is 0 Å². The van der Waals surface area contributed by atoms with Crippen molar-refractivity contribution in [2.45, 2.75) is 6.54 Å². The first-order valence-corrected chi connectivity index (χ1v) is 6.12. The molecule has 6 heteroatoms. The van der Waals surface area contributed by atoms with Gasteiger partial charge >= 0.3 is 0 Å². The Kier molecular flexibility index (Phi) is 3.04. The number of carbonyl (C=O) groups is 1. The van der Waals surface area contributed by atoms with Crippen LogP contribution in [0.2, 0.25) is 0 Å². The van der Waals surface area contributed by atoms with Crippen molar-refractivity contribution in [3.05, 3.63) is 64.2 Å². The van der Waals surface area contributed by atoms with Gasteiger partial charge in [-0.2, -0.15) is 5.10 Å². The summed E-state index contributed by atoms with van der Waals surface area (Å²) < 4.78 is 0. The molecule has 0 unspecified atom stereocenters. The number of H-pyrrole nitrogens is 2. The molecule has 0 aliphatic rings. The number of carbonyl (C=O) groups excluding carboxylic acids is 1. The molecule has 0 aliphatic carbocycles. The number of aromatic amines is 2. The second kappa shape index (κ2) is 5.00. The predicted molar refractivity (Wildman–Crippen MR) is 74.3 cm³/mol. The number of hydrogen-bond acceptors (Lipinski definition) is 3. The van der Waals surface area contributed by atoms with Gasteiger partial charge in [-0.25, -0.2) is 0 Å². The van der Waals surface area contributed by atoms with E-state index in [4.69, 9.17) is 0 Å². The van der Waals surface area contributed by atoms with Crippen LogP contribution in [0.3, 0.4) is 0 Å². The molecule has 0 radical (unpaired) electrons. The summed E-state index contributed by atoms with van der Waals surface area (Å²) in [4.78, 5) is 26.9. The van der Waals surface area contributed by atoms with E-state index in [1.54, 1.807) is 30.5 Å². The van der Waals surface area contributed by atoms with Gasteiger partial charge < -0.3 is 10.3 Å². The van der Waals surface area contributed by atoms with Gasteiger partial charge in [0.25, 0.3) is 5.91 Å². The molecule has 0 fully saturated rings. The topological polar surface area (TPSA) is 90.6 Å². The number of nitrogens with zero attached hydrogens (tertiary/aromatic N) is 1. The summed E-state index contributed by atoms with van der Waals surface area (Å²) >= 11 is 0. The van der Waals surface area contributed by atoms with Crippen molar-refractivity contribution in [1.82, 2.24) is 20.5 Å². The van der Waals surface area contributed by atoms with Gasteiger partial charge in [0.05, 0.1) is 12.2 Å². The highest BCUT2D eigenvalue weighted by atomic mass is 16.2. The van der Waals surface area contributed by atoms with Gasteiger partial charge in [-0.3, -0.25) is 14.7 Å². The minimum atomic E-state index is -0.331. The zero-order valence-corrected chi connectivity index (χ0v) is 10.5. The lowest BCUT2D eigenvalue weighted by atomic mass is 10.2. The maximum absolute atomic E-state index is 12.0. The van der Waals surface area contributed by atoms with Gasteiger partial charge in [0, 0.05) is 23.2 Å². The van der Waals surface area contributed by atoms with E-state index in [0.717, 1.165) is 5.69 Å². The van der Waals surface area contributed by atoms with Crippen LogP contribution in [-0.2, 0) is 6.54 Å². The van der Waals surface area contributed by atoms with Crippen LogP contribution in [0.15, 0.2) is 47.4 Å². The summed E-state index contributed by atoms with van der Waals surface area (Å²) in [5, 5.41) is 9.82. The van der Waals surface area contributed by atoms with Crippen LogP contribution in [0.25, 0.3) is 10.9 Å². The maximum Gasteiger partial charge on any atom is 0.268 e. The summed E-state index contributed by atoms with van der Waals surface area (Å²) in [6.45, 7) is 0.327. The third-order valence-electron chi connectivity index (χ3n) is 2.98. The number of para-hydroxylation sites is 1. The predicted octanol–water partition coefficient (Wildman–Crippen LogP) is 1.18. The average Bonchev–Trinajstić information content (AvgIpc) is 2.98. The molecule has 0 saturated heterocycles. The minimum absolute atomic E-state index is 0.175. The molecule has 3 N–H and O–H groups in total. The van der Waals surface area contributed by atoms with Crippen LogP contribution in [0.4, 0.5) is 0 Å². The SMILES string of the molecule is O=C(NCc1ccn[nH]1)c1cc(=O)c2ccccc2[nH]1. The Morgan fingerprint density at radius 3 is 2.90 bits per heavy atom. The van der Waals surface area contributed by atoms with E-state index in [-0.39, 0.29) is 17.0 Å². The third kappa shape index (κ3) is 2.31. The molecule has 1 aromatic carbocycles. The molecule has 20 heavy (non-hydrogen) atoms. The number of amides is 1. The Hall–Kier alpha value is -2.89. The lowest BCUT2D eigenvalue weighted by Crippen LogP contribution is -2.25. The number of rotatable bonds is 3. The van der Waals surface area contributed by atoms with Crippen molar-refractivity contribution in [1.29, 1.82) is 0 Å². The number of pyridine rings is 1. The summed E-state index contributed by atoms with van der Waals surface area (Å²) in [5.41, 5.74) is 1.51. The fourth-order valence-corrected chi connectivity index (χ4v) is 1.97. The van der Waals surface area contributed by atoms with Gasteiger partial charge in [0.15, 0.2) is 5.43 Å². The fourth-order valence-electron chi connectivity index (χ4n) is 1.97. The van der Waals surface area contributed by atoms with E-state index in [1.807, 2.05) is 6.07 Å². The molecule has 6 nitrogen and oxygen atoms in total. The zero-order valence-electron chi connectivity index (χ0n) is 10.5. The molecule has 0 spiro atoms. The van der Waals surface area contributed by atoms with Crippen molar-refractivity contribution >= 4 is 16.8 Å². The van der Waals surface area contributed by atoms with Gasteiger partial charge in [0.1, 0.15) is 5.69 Å². The van der Waals surface area contributed by atoms with Crippen molar-refractivity contribution in [2.24, 2.45) is 0 Å². The Labute approximate surface area is 113 Å². The quantitative estimate of drug-likeness (QED) is 0.666. The van der Waals surface area contributed by atoms with Crippen LogP contribution >= 0.6 is 0 Å². The monoisotopic (exact) mass is 268 g/mol. The molecular formula is C14H12N4O2. The average molecular weight is 268 g/mol.